The van der Waals surface area contributed by atoms with Crippen LogP contribution in [0, 0.1) is 27.7 Å². The predicted octanol–water partition coefficient (Wildman–Crippen LogP) is 3.93. The number of aryl methyl sites for hydroxylation is 4. The maximum Gasteiger partial charge on any atom is 0.267 e. The summed E-state index contributed by atoms with van der Waals surface area (Å²) >= 11 is 6.96. The van der Waals surface area contributed by atoms with Gasteiger partial charge >= 0.3 is 0 Å². The minimum atomic E-state index is -4.28. The smallest absolute Gasteiger partial charge is 0.267 e. The second kappa shape index (κ2) is 9.30. The lowest BCUT2D eigenvalue weighted by Gasteiger charge is -2.18. The molecular weight excluding hydrogens is 524 g/mol. The van der Waals surface area contributed by atoms with E-state index in [1.807, 2.05) is 0 Å². The van der Waals surface area contributed by atoms with E-state index in [-0.39, 0.29) is 31.3 Å². The average Bonchev–Trinajstić information content (AvgIpc) is 3.27. The van der Waals surface area contributed by atoms with E-state index < -0.39 is 26.0 Å². The summed E-state index contributed by atoms with van der Waals surface area (Å²) in [6, 6.07) is 4.50. The second-order valence-electron chi connectivity index (χ2n) is 7.76. The molecular formula is C20H23ClN4O6S3. The fraction of sp³-hybridized carbons (Fsp3) is 0.300. The summed E-state index contributed by atoms with van der Waals surface area (Å²) in [5.41, 5.74) is 1.56. The Labute approximate surface area is 207 Å². The zero-order chi connectivity index (χ0) is 25.6. The molecule has 0 aliphatic heterocycles. The van der Waals surface area contributed by atoms with Gasteiger partial charge in [-0.25, -0.2) is 25.9 Å². The third-order valence-electron chi connectivity index (χ3n) is 4.78. The van der Waals surface area contributed by atoms with Gasteiger partial charge in [-0.3, -0.25) is 4.79 Å². The lowest BCUT2D eigenvalue weighted by molar-refractivity contribution is 0.102. The van der Waals surface area contributed by atoms with E-state index in [9.17, 15) is 21.6 Å². The van der Waals surface area contributed by atoms with Gasteiger partial charge in [-0.05, 0) is 51.0 Å². The summed E-state index contributed by atoms with van der Waals surface area (Å²) in [4.78, 5) is 13.3. The highest BCUT2D eigenvalue weighted by molar-refractivity contribution is 7.93. The number of carbonyl (C=O) groups excluding carboxylic acids is 1. The van der Waals surface area contributed by atoms with Crippen LogP contribution >= 0.6 is 22.9 Å². The lowest BCUT2D eigenvalue weighted by Crippen LogP contribution is -2.25. The standard InChI is InChI=1S/C20H23ClN4O6S3/c1-10-7-11(2)17(14(8-10)34(29,30)25(5)6)22-19(26)18-15(9-12(3)32-18)33(27,28)24-20-16(21)13(4)23-31-20/h7-9,24H,1-6H3,(H,22,26). The van der Waals surface area contributed by atoms with Crippen LogP contribution in [0.1, 0.15) is 31.4 Å². The Morgan fingerprint density at radius 3 is 2.26 bits per heavy atom. The lowest BCUT2D eigenvalue weighted by atomic mass is 10.1. The first-order valence-electron chi connectivity index (χ1n) is 9.75. The van der Waals surface area contributed by atoms with Crippen molar-refractivity contribution >= 4 is 60.5 Å². The van der Waals surface area contributed by atoms with E-state index in [1.165, 1.54) is 26.2 Å². The molecule has 1 aromatic carbocycles. The maximum atomic E-state index is 13.2. The van der Waals surface area contributed by atoms with Crippen LogP contribution in [0.25, 0.3) is 0 Å². The van der Waals surface area contributed by atoms with Gasteiger partial charge in [0.1, 0.15) is 25.4 Å². The highest BCUT2D eigenvalue weighted by atomic mass is 35.5. The monoisotopic (exact) mass is 546 g/mol. The van der Waals surface area contributed by atoms with Crippen LogP contribution in [0.2, 0.25) is 5.02 Å². The number of rotatable bonds is 7. The highest BCUT2D eigenvalue weighted by Gasteiger charge is 2.30. The molecule has 0 saturated heterocycles. The van der Waals surface area contributed by atoms with Gasteiger partial charge in [-0.2, -0.15) is 0 Å². The van der Waals surface area contributed by atoms with E-state index >= 15 is 0 Å². The Hall–Kier alpha value is -2.45. The van der Waals surface area contributed by atoms with Gasteiger partial charge in [-0.1, -0.05) is 22.8 Å². The largest absolute Gasteiger partial charge is 0.336 e. The summed E-state index contributed by atoms with van der Waals surface area (Å²) in [6.07, 6.45) is 0. The first kappa shape index (κ1) is 26.2. The van der Waals surface area contributed by atoms with Gasteiger partial charge in [0.25, 0.3) is 21.8 Å². The molecule has 0 fully saturated rings. The summed E-state index contributed by atoms with van der Waals surface area (Å²) in [5, 5.41) is 6.20. The summed E-state index contributed by atoms with van der Waals surface area (Å²) in [6.45, 7) is 6.58. The number of carbonyl (C=O) groups is 1. The average molecular weight is 547 g/mol. The zero-order valence-electron chi connectivity index (χ0n) is 19.2. The number of thiophene rings is 1. The third-order valence-corrected chi connectivity index (χ3v) is 9.59. The molecule has 184 valence electrons. The molecule has 0 unspecified atom stereocenters. The molecule has 2 N–H and O–H groups in total. The van der Waals surface area contributed by atoms with Crippen molar-refractivity contribution in [1.29, 1.82) is 0 Å². The topological polar surface area (TPSA) is 139 Å². The first-order valence-corrected chi connectivity index (χ1v) is 13.9. The maximum absolute atomic E-state index is 13.2. The molecule has 1 amide bonds. The molecule has 0 spiro atoms. The summed E-state index contributed by atoms with van der Waals surface area (Å²) in [7, 11) is -5.42. The van der Waals surface area contributed by atoms with Crippen LogP contribution in [0.3, 0.4) is 0 Å². The van der Waals surface area contributed by atoms with E-state index in [2.05, 4.69) is 15.2 Å². The van der Waals surface area contributed by atoms with Gasteiger partial charge in [0.2, 0.25) is 10.0 Å². The Balaban J connectivity index is 2.05. The fourth-order valence-electron chi connectivity index (χ4n) is 3.11. The quantitative estimate of drug-likeness (QED) is 0.457. The number of hydrogen-bond acceptors (Lipinski definition) is 8. The van der Waals surface area contributed by atoms with Crippen molar-refractivity contribution in [2.24, 2.45) is 0 Å². The van der Waals surface area contributed by atoms with Crippen LogP contribution in [0.5, 0.6) is 0 Å². The first-order chi connectivity index (χ1) is 15.6. The summed E-state index contributed by atoms with van der Waals surface area (Å²) in [5.74, 6) is -1.05. The highest BCUT2D eigenvalue weighted by Crippen LogP contribution is 2.34. The van der Waals surface area contributed by atoms with Crippen molar-refractivity contribution in [3.8, 4) is 0 Å². The van der Waals surface area contributed by atoms with E-state index in [4.69, 9.17) is 16.1 Å². The van der Waals surface area contributed by atoms with Gasteiger partial charge in [0, 0.05) is 19.0 Å². The van der Waals surface area contributed by atoms with Crippen molar-refractivity contribution < 1.29 is 26.2 Å². The second-order valence-corrected chi connectivity index (χ2v) is 13.2. The van der Waals surface area contributed by atoms with Gasteiger partial charge < -0.3 is 9.84 Å². The summed E-state index contributed by atoms with van der Waals surface area (Å²) < 4.78 is 60.0. The molecule has 0 bridgehead atoms. The van der Waals surface area contributed by atoms with Gasteiger partial charge in [-0.15, -0.1) is 11.3 Å². The van der Waals surface area contributed by atoms with Crippen molar-refractivity contribution in [3.63, 3.8) is 0 Å². The van der Waals surface area contributed by atoms with Crippen molar-refractivity contribution in [3.05, 3.63) is 49.8 Å². The van der Waals surface area contributed by atoms with Crippen molar-refractivity contribution in [2.45, 2.75) is 37.5 Å². The predicted molar refractivity (Wildman–Crippen MR) is 131 cm³/mol. The number of hydrogen-bond donors (Lipinski definition) is 2. The molecule has 14 heteroatoms. The van der Waals surface area contributed by atoms with Crippen LogP contribution in [-0.4, -0.2) is 46.3 Å². The Morgan fingerprint density at radius 1 is 1.06 bits per heavy atom. The van der Waals surface area contributed by atoms with Crippen molar-refractivity contribution in [1.82, 2.24) is 9.46 Å². The number of amides is 1. The van der Waals surface area contributed by atoms with E-state index in [1.54, 1.807) is 33.8 Å². The molecule has 0 aliphatic carbocycles. The van der Waals surface area contributed by atoms with Gasteiger partial charge in [0.15, 0.2) is 0 Å². The minimum Gasteiger partial charge on any atom is -0.336 e. The fourth-order valence-corrected chi connectivity index (χ4v) is 6.97. The molecule has 10 nitrogen and oxygen atoms in total. The molecule has 2 heterocycles. The Kier molecular flexibility index (Phi) is 7.16. The molecule has 34 heavy (non-hydrogen) atoms. The normalized spacial score (nSPS) is 12.2. The number of benzene rings is 1. The van der Waals surface area contributed by atoms with Crippen molar-refractivity contribution in [2.75, 3.05) is 24.1 Å². The van der Waals surface area contributed by atoms with Gasteiger partial charge in [0.05, 0.1) is 5.69 Å². The molecule has 0 atom stereocenters. The number of anilines is 2. The molecule has 0 saturated carbocycles. The number of halogens is 1. The van der Waals surface area contributed by atoms with Crippen LogP contribution < -0.4 is 10.0 Å². The minimum absolute atomic E-state index is 0.00431. The zero-order valence-corrected chi connectivity index (χ0v) is 22.4. The Bertz CT molecular complexity index is 1490. The van der Waals surface area contributed by atoms with E-state index in [0.717, 1.165) is 15.6 Å². The third kappa shape index (κ3) is 4.98. The number of nitrogens with zero attached hydrogens (tertiary/aromatic N) is 2. The van der Waals surface area contributed by atoms with Crippen LogP contribution in [-0.2, 0) is 20.0 Å². The molecule has 3 rings (SSSR count). The van der Waals surface area contributed by atoms with Crippen LogP contribution in [0.4, 0.5) is 11.6 Å². The molecule has 2 aromatic heterocycles. The molecule has 0 aliphatic rings. The Morgan fingerprint density at radius 2 is 1.71 bits per heavy atom. The SMILES string of the molecule is Cc1cc(C)c(NC(=O)c2sc(C)cc2S(=O)(=O)Nc2onc(C)c2Cl)c(S(=O)(=O)N(C)C)c1. The van der Waals surface area contributed by atoms with Crippen LogP contribution in [0.15, 0.2) is 32.5 Å². The van der Waals surface area contributed by atoms with E-state index in [0.29, 0.717) is 21.7 Å². The molecule has 0 radical (unpaired) electrons. The number of aromatic nitrogens is 1. The molecule has 3 aromatic rings. The number of nitrogens with one attached hydrogen (secondary N) is 2. The number of sulfonamides is 2.